The molecule has 0 aliphatic carbocycles. The number of halogens is 2. The molecule has 0 spiro atoms. The Morgan fingerprint density at radius 2 is 2.09 bits per heavy atom. The third-order valence-electron chi connectivity index (χ3n) is 6.53. The van der Waals surface area contributed by atoms with E-state index in [0.29, 0.717) is 42.7 Å². The van der Waals surface area contributed by atoms with Crippen LogP contribution in [0, 0.1) is 12.8 Å². The lowest BCUT2D eigenvalue weighted by molar-refractivity contribution is -0.126. The molecule has 2 aliphatic heterocycles. The van der Waals surface area contributed by atoms with Crippen LogP contribution in [0.15, 0.2) is 30.5 Å². The standard InChI is InChI=1S/C24H27ClFN5O2/c1-15-10-21-20(11-19(15)25)29-24(31(21)22-3-2-16(12-26)13-27-22)30-7-4-17(5-8-30)23(32)28-18-6-9-33-14-18/h2-3,10-11,13,17-18H,4-9,12,14H2,1H3,(H,28,32)/t18-/m1/s1. The monoisotopic (exact) mass is 471 g/mol. The number of nitrogens with zero attached hydrogens (tertiary/aromatic N) is 4. The predicted molar refractivity (Wildman–Crippen MR) is 126 cm³/mol. The number of alkyl halides is 1. The smallest absolute Gasteiger partial charge is 0.223 e. The van der Waals surface area contributed by atoms with Crippen molar-refractivity contribution in [3.63, 3.8) is 0 Å². The average molecular weight is 472 g/mol. The summed E-state index contributed by atoms with van der Waals surface area (Å²) in [4.78, 5) is 24.3. The van der Waals surface area contributed by atoms with Crippen molar-refractivity contribution in [2.24, 2.45) is 5.92 Å². The number of amides is 1. The minimum atomic E-state index is -0.553. The fourth-order valence-electron chi connectivity index (χ4n) is 4.56. The van der Waals surface area contributed by atoms with Crippen LogP contribution in [0.2, 0.25) is 5.02 Å². The molecule has 2 aromatic heterocycles. The Morgan fingerprint density at radius 1 is 1.27 bits per heavy atom. The molecular weight excluding hydrogens is 445 g/mol. The Hall–Kier alpha value is -2.71. The maximum Gasteiger partial charge on any atom is 0.223 e. The molecule has 7 nitrogen and oxygen atoms in total. The lowest BCUT2D eigenvalue weighted by atomic mass is 9.95. The molecule has 0 unspecified atom stereocenters. The van der Waals surface area contributed by atoms with Crippen molar-refractivity contribution in [2.75, 3.05) is 31.2 Å². The molecule has 1 N–H and O–H groups in total. The van der Waals surface area contributed by atoms with Gasteiger partial charge in [0.2, 0.25) is 11.9 Å². The molecule has 4 heterocycles. The number of imidazole rings is 1. The van der Waals surface area contributed by atoms with Gasteiger partial charge >= 0.3 is 0 Å². The van der Waals surface area contributed by atoms with E-state index in [1.54, 1.807) is 12.3 Å². The van der Waals surface area contributed by atoms with Crippen LogP contribution >= 0.6 is 11.6 Å². The number of rotatable bonds is 5. The van der Waals surface area contributed by atoms with Gasteiger partial charge in [-0.1, -0.05) is 17.7 Å². The second-order valence-electron chi connectivity index (χ2n) is 8.83. The number of benzene rings is 1. The second-order valence-corrected chi connectivity index (χ2v) is 9.23. The van der Waals surface area contributed by atoms with Gasteiger partial charge in [-0.3, -0.25) is 9.36 Å². The first kappa shape index (κ1) is 22.1. The average Bonchev–Trinajstić information content (AvgIpc) is 3.47. The highest BCUT2D eigenvalue weighted by Crippen LogP contribution is 2.32. The molecule has 9 heteroatoms. The summed E-state index contributed by atoms with van der Waals surface area (Å²) in [6.07, 6.45) is 3.93. The first-order valence-electron chi connectivity index (χ1n) is 11.4. The number of hydrogen-bond donors (Lipinski definition) is 1. The van der Waals surface area contributed by atoms with Gasteiger partial charge in [0.05, 0.1) is 23.7 Å². The number of piperidine rings is 1. The van der Waals surface area contributed by atoms with Crippen LogP contribution in [0.25, 0.3) is 16.9 Å². The highest BCUT2D eigenvalue weighted by molar-refractivity contribution is 6.32. The van der Waals surface area contributed by atoms with Gasteiger partial charge in [-0.25, -0.2) is 14.4 Å². The number of anilines is 1. The summed E-state index contributed by atoms with van der Waals surface area (Å²) in [5.74, 6) is 1.53. The van der Waals surface area contributed by atoms with E-state index in [-0.39, 0.29) is 17.9 Å². The van der Waals surface area contributed by atoms with Crippen LogP contribution in [0.4, 0.5) is 10.3 Å². The van der Waals surface area contributed by atoms with E-state index in [9.17, 15) is 9.18 Å². The molecule has 0 saturated carbocycles. The van der Waals surface area contributed by atoms with Crippen molar-refractivity contribution in [2.45, 2.75) is 38.9 Å². The highest BCUT2D eigenvalue weighted by atomic mass is 35.5. The van der Waals surface area contributed by atoms with Crippen molar-refractivity contribution < 1.29 is 13.9 Å². The zero-order valence-electron chi connectivity index (χ0n) is 18.6. The zero-order valence-corrected chi connectivity index (χ0v) is 19.3. The number of carbonyl (C=O) groups excluding carboxylic acids is 1. The number of fused-ring (bicyclic) bond motifs is 1. The van der Waals surface area contributed by atoms with Crippen molar-refractivity contribution >= 4 is 34.5 Å². The maximum absolute atomic E-state index is 13.0. The quantitative estimate of drug-likeness (QED) is 0.609. The third kappa shape index (κ3) is 4.42. The molecule has 33 heavy (non-hydrogen) atoms. The number of ether oxygens (including phenoxy) is 1. The summed E-state index contributed by atoms with van der Waals surface area (Å²) in [7, 11) is 0. The van der Waals surface area contributed by atoms with E-state index < -0.39 is 6.67 Å². The number of nitrogens with one attached hydrogen (secondary N) is 1. The topological polar surface area (TPSA) is 72.3 Å². The molecular formula is C24H27ClFN5O2. The molecule has 0 radical (unpaired) electrons. The van der Waals surface area contributed by atoms with Crippen LogP contribution in [0.3, 0.4) is 0 Å². The zero-order chi connectivity index (χ0) is 22.9. The Labute approximate surface area is 196 Å². The third-order valence-corrected chi connectivity index (χ3v) is 6.94. The van der Waals surface area contributed by atoms with Crippen LogP contribution in [-0.2, 0) is 16.2 Å². The predicted octanol–water partition coefficient (Wildman–Crippen LogP) is 3.97. The molecule has 174 valence electrons. The highest BCUT2D eigenvalue weighted by Gasteiger charge is 2.30. The van der Waals surface area contributed by atoms with E-state index in [1.807, 2.05) is 29.7 Å². The van der Waals surface area contributed by atoms with Gasteiger partial charge in [-0.05, 0) is 49.9 Å². The van der Waals surface area contributed by atoms with Crippen LogP contribution in [-0.4, -0.2) is 52.8 Å². The lowest BCUT2D eigenvalue weighted by Gasteiger charge is -2.32. The maximum atomic E-state index is 13.0. The number of carbonyl (C=O) groups is 1. The van der Waals surface area contributed by atoms with E-state index in [0.717, 1.165) is 41.8 Å². The molecule has 0 bridgehead atoms. The number of pyridine rings is 1. The number of hydrogen-bond acceptors (Lipinski definition) is 5. The number of aryl methyl sites for hydroxylation is 1. The molecule has 1 atom stereocenters. The lowest BCUT2D eigenvalue weighted by Crippen LogP contribution is -2.44. The van der Waals surface area contributed by atoms with Crippen molar-refractivity contribution in [1.29, 1.82) is 0 Å². The molecule has 2 aliphatic rings. The second kappa shape index (κ2) is 9.27. The Kier molecular flexibility index (Phi) is 6.21. The van der Waals surface area contributed by atoms with Crippen LogP contribution in [0.5, 0.6) is 0 Å². The van der Waals surface area contributed by atoms with E-state index in [4.69, 9.17) is 21.3 Å². The molecule has 2 fully saturated rings. The Bertz CT molecular complexity index is 1150. The Balaban J connectivity index is 1.42. The van der Waals surface area contributed by atoms with Crippen LogP contribution < -0.4 is 10.2 Å². The fraction of sp³-hybridized carbons (Fsp3) is 0.458. The van der Waals surface area contributed by atoms with Gasteiger partial charge < -0.3 is 15.0 Å². The van der Waals surface area contributed by atoms with Gasteiger partial charge in [0, 0.05) is 42.4 Å². The number of aromatic nitrogens is 3. The van der Waals surface area contributed by atoms with Gasteiger partial charge in [0.15, 0.2) is 0 Å². The van der Waals surface area contributed by atoms with Gasteiger partial charge in [-0.2, -0.15) is 0 Å². The normalized spacial score (nSPS) is 19.4. The summed E-state index contributed by atoms with van der Waals surface area (Å²) in [6, 6.07) is 7.55. The van der Waals surface area contributed by atoms with Gasteiger partial charge in [0.1, 0.15) is 12.5 Å². The fourth-order valence-corrected chi connectivity index (χ4v) is 4.72. The summed E-state index contributed by atoms with van der Waals surface area (Å²) >= 11 is 6.37. The van der Waals surface area contributed by atoms with Crippen molar-refractivity contribution in [3.05, 3.63) is 46.6 Å². The van der Waals surface area contributed by atoms with Crippen molar-refractivity contribution in [1.82, 2.24) is 19.9 Å². The summed E-state index contributed by atoms with van der Waals surface area (Å²) in [5, 5.41) is 3.78. The van der Waals surface area contributed by atoms with Crippen molar-refractivity contribution in [3.8, 4) is 5.82 Å². The van der Waals surface area contributed by atoms with Gasteiger partial charge in [-0.15, -0.1) is 0 Å². The summed E-state index contributed by atoms with van der Waals surface area (Å²) < 4.78 is 20.4. The van der Waals surface area contributed by atoms with Crippen LogP contribution in [0.1, 0.15) is 30.4 Å². The first-order valence-corrected chi connectivity index (χ1v) is 11.7. The molecule has 2 saturated heterocycles. The Morgan fingerprint density at radius 3 is 2.76 bits per heavy atom. The molecule has 3 aromatic rings. The van der Waals surface area contributed by atoms with E-state index in [1.165, 1.54) is 0 Å². The largest absolute Gasteiger partial charge is 0.379 e. The molecule has 5 rings (SSSR count). The molecule has 1 amide bonds. The van der Waals surface area contributed by atoms with Gasteiger partial charge in [0.25, 0.3) is 0 Å². The summed E-state index contributed by atoms with van der Waals surface area (Å²) in [6.45, 7) is 4.13. The molecule has 1 aromatic carbocycles. The SMILES string of the molecule is Cc1cc2c(cc1Cl)nc(N1CCC(C(=O)N[C@@H]3CCOC3)CC1)n2-c1ccc(CF)cn1. The van der Waals surface area contributed by atoms with E-state index in [2.05, 4.69) is 15.2 Å². The minimum absolute atomic E-state index is 0.0154. The first-order chi connectivity index (χ1) is 16.0. The van der Waals surface area contributed by atoms with E-state index >= 15 is 0 Å². The summed E-state index contributed by atoms with van der Waals surface area (Å²) in [5.41, 5.74) is 3.15. The minimum Gasteiger partial charge on any atom is -0.379 e.